The molecule has 8 heteroatoms. The van der Waals surface area contributed by atoms with E-state index in [2.05, 4.69) is 60.2 Å². The average Bonchev–Trinajstić information content (AvgIpc) is 3.09. The Morgan fingerprint density at radius 1 is 1.31 bits per heavy atom. The maximum absolute atomic E-state index is 6.06. The summed E-state index contributed by atoms with van der Waals surface area (Å²) >= 11 is 3.45. The summed E-state index contributed by atoms with van der Waals surface area (Å²) in [6, 6.07) is 6.68. The van der Waals surface area contributed by atoms with Gasteiger partial charge in [0, 0.05) is 50.0 Å². The maximum atomic E-state index is 6.06. The number of likely N-dealkylation sites (N-methyl/N-ethyl adjacent to an activating group) is 1. The van der Waals surface area contributed by atoms with Gasteiger partial charge in [0.2, 0.25) is 0 Å². The molecule has 2 aliphatic heterocycles. The summed E-state index contributed by atoms with van der Waals surface area (Å²) in [7, 11) is 2.17. The summed E-state index contributed by atoms with van der Waals surface area (Å²) in [4.78, 5) is 13.7. The van der Waals surface area contributed by atoms with Crippen molar-refractivity contribution in [3.05, 3.63) is 41.4 Å². The summed E-state index contributed by atoms with van der Waals surface area (Å²) in [5.41, 5.74) is 2.89. The number of rotatable bonds is 2. The van der Waals surface area contributed by atoms with Crippen molar-refractivity contribution in [1.29, 1.82) is 0 Å². The lowest BCUT2D eigenvalue weighted by Gasteiger charge is -2.44. The molecule has 3 aromatic rings. The van der Waals surface area contributed by atoms with Crippen LogP contribution in [0.4, 0.5) is 17.2 Å². The van der Waals surface area contributed by atoms with Crippen molar-refractivity contribution in [2.75, 3.05) is 43.5 Å². The van der Waals surface area contributed by atoms with E-state index in [1.165, 1.54) is 5.69 Å². The highest BCUT2D eigenvalue weighted by Crippen LogP contribution is 2.37. The van der Waals surface area contributed by atoms with Crippen molar-refractivity contribution < 1.29 is 4.74 Å². The molecule has 2 aromatic heterocycles. The molecule has 1 unspecified atom stereocenters. The topological polar surface area (TPSA) is 57.9 Å². The van der Waals surface area contributed by atoms with E-state index in [1.54, 1.807) is 6.20 Å². The van der Waals surface area contributed by atoms with Crippen LogP contribution in [0.15, 0.2) is 41.4 Å². The number of fused-ring (bicyclic) bond motifs is 4. The molecule has 0 amide bonds. The minimum atomic E-state index is 0.427. The number of aromatic nitrogens is 3. The highest BCUT2D eigenvalue weighted by Gasteiger charge is 2.31. The second-order valence-electron chi connectivity index (χ2n) is 6.80. The van der Waals surface area contributed by atoms with Gasteiger partial charge in [-0.1, -0.05) is 0 Å². The van der Waals surface area contributed by atoms with Gasteiger partial charge in [-0.05, 0) is 35.1 Å². The summed E-state index contributed by atoms with van der Waals surface area (Å²) < 4.78 is 8.74. The standard InChI is InChI=1S/C18H19BrN6O/c1-23-6-7-25-13(9-23)11-26-15-8-12(2-3-14(15)25)21-17-18-20-4-5-24(18)10-16(19)22-17/h2-5,8,10,13H,6-7,9,11H2,1H3,(H,21,22). The second kappa shape index (κ2) is 6.14. The summed E-state index contributed by atoms with van der Waals surface area (Å²) in [5.74, 6) is 1.63. The molecule has 1 N–H and O–H groups in total. The number of hydrogen-bond acceptors (Lipinski definition) is 6. The predicted molar refractivity (Wildman–Crippen MR) is 105 cm³/mol. The van der Waals surface area contributed by atoms with E-state index >= 15 is 0 Å². The van der Waals surface area contributed by atoms with Crippen LogP contribution in [0.3, 0.4) is 0 Å². The molecular weight excluding hydrogens is 396 g/mol. The summed E-state index contributed by atoms with van der Waals surface area (Å²) in [6.07, 6.45) is 5.55. The Bertz CT molecular complexity index is 973. The third-order valence-electron chi connectivity index (χ3n) is 4.99. The number of piperazine rings is 1. The molecule has 1 saturated heterocycles. The zero-order chi connectivity index (χ0) is 17.7. The maximum Gasteiger partial charge on any atom is 0.180 e. The second-order valence-corrected chi connectivity index (χ2v) is 7.61. The van der Waals surface area contributed by atoms with Crippen LogP contribution in [0.2, 0.25) is 0 Å². The lowest BCUT2D eigenvalue weighted by molar-refractivity contribution is 0.188. The number of imidazole rings is 1. The Labute approximate surface area is 159 Å². The van der Waals surface area contributed by atoms with Crippen LogP contribution in [-0.4, -0.2) is 58.6 Å². The first-order chi connectivity index (χ1) is 12.7. The molecule has 134 valence electrons. The number of nitrogens with zero attached hydrogens (tertiary/aromatic N) is 5. The third-order valence-corrected chi connectivity index (χ3v) is 5.38. The monoisotopic (exact) mass is 414 g/mol. The lowest BCUT2D eigenvalue weighted by Crippen LogP contribution is -2.56. The van der Waals surface area contributed by atoms with E-state index in [0.29, 0.717) is 11.9 Å². The Balaban J connectivity index is 1.46. The predicted octanol–water partition coefficient (Wildman–Crippen LogP) is 2.75. The quantitative estimate of drug-likeness (QED) is 0.695. The van der Waals surface area contributed by atoms with Gasteiger partial charge in [0.1, 0.15) is 17.0 Å². The lowest BCUT2D eigenvalue weighted by atomic mass is 10.1. The number of nitrogens with one attached hydrogen (secondary N) is 1. The van der Waals surface area contributed by atoms with Crippen molar-refractivity contribution in [1.82, 2.24) is 19.3 Å². The number of halogens is 1. The molecular formula is C18H19BrN6O. The van der Waals surface area contributed by atoms with Crippen LogP contribution in [0, 0.1) is 0 Å². The normalized spacial score (nSPS) is 19.8. The van der Waals surface area contributed by atoms with Gasteiger partial charge < -0.3 is 24.3 Å². The van der Waals surface area contributed by atoms with E-state index in [0.717, 1.165) is 47.9 Å². The van der Waals surface area contributed by atoms with Gasteiger partial charge in [0.25, 0.3) is 0 Å². The highest BCUT2D eigenvalue weighted by molar-refractivity contribution is 9.10. The highest BCUT2D eigenvalue weighted by atomic mass is 79.9. The molecule has 0 radical (unpaired) electrons. The van der Waals surface area contributed by atoms with Crippen molar-refractivity contribution in [3.8, 4) is 5.75 Å². The first-order valence-corrected chi connectivity index (χ1v) is 9.45. The van der Waals surface area contributed by atoms with Gasteiger partial charge in [-0.15, -0.1) is 0 Å². The van der Waals surface area contributed by atoms with Gasteiger partial charge in [-0.25, -0.2) is 9.97 Å². The Kier molecular flexibility index (Phi) is 3.75. The summed E-state index contributed by atoms with van der Waals surface area (Å²) in [6.45, 7) is 3.88. The van der Waals surface area contributed by atoms with Gasteiger partial charge in [-0.2, -0.15) is 0 Å². The molecule has 4 heterocycles. The molecule has 1 fully saturated rings. The SMILES string of the molecule is CN1CCN2c3ccc(Nc4nc(Br)cn5ccnc45)cc3OCC2C1. The van der Waals surface area contributed by atoms with Crippen LogP contribution in [0.25, 0.3) is 5.65 Å². The average molecular weight is 415 g/mol. The van der Waals surface area contributed by atoms with Gasteiger partial charge in [0.05, 0.1) is 11.7 Å². The fraction of sp³-hybridized carbons (Fsp3) is 0.333. The molecule has 26 heavy (non-hydrogen) atoms. The van der Waals surface area contributed by atoms with Crippen LogP contribution < -0.4 is 15.0 Å². The van der Waals surface area contributed by atoms with E-state index < -0.39 is 0 Å². The first kappa shape index (κ1) is 15.9. The molecule has 0 saturated carbocycles. The Hall–Kier alpha value is -2.32. The van der Waals surface area contributed by atoms with E-state index in [9.17, 15) is 0 Å². The van der Waals surface area contributed by atoms with Crippen LogP contribution in [0.1, 0.15) is 0 Å². The van der Waals surface area contributed by atoms with E-state index in [4.69, 9.17) is 4.74 Å². The molecule has 0 aliphatic carbocycles. The van der Waals surface area contributed by atoms with Gasteiger partial charge in [-0.3, -0.25) is 0 Å². The van der Waals surface area contributed by atoms with Crippen molar-refractivity contribution >= 4 is 38.8 Å². The van der Waals surface area contributed by atoms with Crippen LogP contribution in [-0.2, 0) is 0 Å². The fourth-order valence-electron chi connectivity index (χ4n) is 3.72. The van der Waals surface area contributed by atoms with Crippen LogP contribution in [0.5, 0.6) is 5.75 Å². The van der Waals surface area contributed by atoms with Crippen LogP contribution >= 0.6 is 15.9 Å². The molecule has 1 atom stereocenters. The molecule has 0 spiro atoms. The number of benzene rings is 1. The van der Waals surface area contributed by atoms with E-state index in [-0.39, 0.29) is 0 Å². The smallest absolute Gasteiger partial charge is 0.180 e. The van der Waals surface area contributed by atoms with Gasteiger partial charge >= 0.3 is 0 Å². The molecule has 2 aliphatic rings. The molecule has 5 rings (SSSR count). The van der Waals surface area contributed by atoms with Gasteiger partial charge in [0.15, 0.2) is 11.5 Å². The number of ether oxygens (including phenoxy) is 1. The Morgan fingerprint density at radius 3 is 3.15 bits per heavy atom. The number of hydrogen-bond donors (Lipinski definition) is 1. The van der Waals surface area contributed by atoms with Crippen molar-refractivity contribution in [3.63, 3.8) is 0 Å². The summed E-state index contributed by atoms with van der Waals surface area (Å²) in [5, 5.41) is 3.37. The van der Waals surface area contributed by atoms with Crippen molar-refractivity contribution in [2.24, 2.45) is 0 Å². The largest absolute Gasteiger partial charge is 0.489 e. The van der Waals surface area contributed by atoms with E-state index in [1.807, 2.05) is 22.9 Å². The molecule has 1 aromatic carbocycles. The zero-order valence-corrected chi connectivity index (χ0v) is 16.0. The Morgan fingerprint density at radius 2 is 2.23 bits per heavy atom. The molecule has 0 bridgehead atoms. The van der Waals surface area contributed by atoms with Crippen molar-refractivity contribution in [2.45, 2.75) is 6.04 Å². The third kappa shape index (κ3) is 2.69. The fourth-order valence-corrected chi connectivity index (χ4v) is 4.12. The minimum Gasteiger partial charge on any atom is -0.489 e. The first-order valence-electron chi connectivity index (χ1n) is 8.66. The zero-order valence-electron chi connectivity index (χ0n) is 14.4. The number of anilines is 3. The minimum absolute atomic E-state index is 0.427. The molecule has 7 nitrogen and oxygen atoms in total.